The van der Waals surface area contributed by atoms with Crippen molar-refractivity contribution in [2.75, 3.05) is 5.43 Å². The predicted molar refractivity (Wildman–Crippen MR) is 86.6 cm³/mol. The molecule has 9 heteroatoms. The van der Waals surface area contributed by atoms with E-state index in [0.717, 1.165) is 4.57 Å². The predicted octanol–water partition coefficient (Wildman–Crippen LogP) is -0.188. The van der Waals surface area contributed by atoms with Crippen LogP contribution >= 0.6 is 0 Å². The van der Waals surface area contributed by atoms with Crippen LogP contribution in [-0.4, -0.2) is 29.9 Å². The van der Waals surface area contributed by atoms with Crippen LogP contribution in [0.2, 0.25) is 0 Å². The highest BCUT2D eigenvalue weighted by Crippen LogP contribution is 2.12. The number of anilines is 1. The number of hydrogen-bond acceptors (Lipinski definition) is 6. The van der Waals surface area contributed by atoms with Gasteiger partial charge >= 0.3 is 5.69 Å². The zero-order chi connectivity index (χ0) is 16.6. The molecular formula is C14H15N7O2. The van der Waals surface area contributed by atoms with E-state index in [2.05, 4.69) is 20.5 Å². The maximum Gasteiger partial charge on any atom is 0.332 e. The molecule has 3 heterocycles. The lowest BCUT2D eigenvalue weighted by atomic mass is 10.4. The zero-order valence-corrected chi connectivity index (χ0v) is 12.9. The number of nitrogens with zero attached hydrogens (tertiary/aromatic N) is 6. The van der Waals surface area contributed by atoms with Crippen LogP contribution in [-0.2, 0) is 21.1 Å². The van der Waals surface area contributed by atoms with E-state index in [4.69, 9.17) is 0 Å². The lowest BCUT2D eigenvalue weighted by Crippen LogP contribution is -2.37. The number of aromatic nitrogens is 5. The second-order valence-corrected chi connectivity index (χ2v) is 5.00. The van der Waals surface area contributed by atoms with Gasteiger partial charge in [0.05, 0.1) is 11.9 Å². The van der Waals surface area contributed by atoms with E-state index in [1.165, 1.54) is 17.8 Å². The number of hydrazone groups is 1. The molecule has 0 spiro atoms. The van der Waals surface area contributed by atoms with Crippen molar-refractivity contribution in [2.45, 2.75) is 0 Å². The Bertz CT molecular complexity index is 1010. The van der Waals surface area contributed by atoms with Crippen LogP contribution in [0.25, 0.3) is 11.2 Å². The summed E-state index contributed by atoms with van der Waals surface area (Å²) in [5.41, 5.74) is 3.24. The highest BCUT2D eigenvalue weighted by molar-refractivity contribution is 5.78. The van der Waals surface area contributed by atoms with Crippen molar-refractivity contribution < 1.29 is 0 Å². The molecule has 0 aromatic carbocycles. The molecule has 0 saturated heterocycles. The normalized spacial score (nSPS) is 11.4. The molecule has 0 radical (unpaired) electrons. The van der Waals surface area contributed by atoms with E-state index in [0.29, 0.717) is 22.8 Å². The molecule has 3 rings (SSSR count). The van der Waals surface area contributed by atoms with E-state index >= 15 is 0 Å². The van der Waals surface area contributed by atoms with Crippen LogP contribution in [0.5, 0.6) is 0 Å². The smallest absolute Gasteiger partial charge is 0.306 e. The number of aryl methyl sites for hydroxylation is 2. The molecule has 0 amide bonds. The van der Waals surface area contributed by atoms with Crippen molar-refractivity contribution in [1.82, 2.24) is 23.7 Å². The third-order valence-corrected chi connectivity index (χ3v) is 3.52. The Kier molecular flexibility index (Phi) is 3.53. The van der Waals surface area contributed by atoms with Crippen molar-refractivity contribution in [1.29, 1.82) is 0 Å². The summed E-state index contributed by atoms with van der Waals surface area (Å²) in [6.07, 6.45) is 3.20. The first kappa shape index (κ1) is 14.7. The van der Waals surface area contributed by atoms with Crippen molar-refractivity contribution >= 4 is 23.3 Å². The molecule has 1 N–H and O–H groups in total. The summed E-state index contributed by atoms with van der Waals surface area (Å²) in [6, 6.07) is 5.47. The monoisotopic (exact) mass is 313 g/mol. The molecular weight excluding hydrogens is 298 g/mol. The van der Waals surface area contributed by atoms with Gasteiger partial charge in [-0.25, -0.2) is 10.2 Å². The summed E-state index contributed by atoms with van der Waals surface area (Å²) in [5.74, 6) is 0.352. The molecule has 0 unspecified atom stereocenters. The summed E-state index contributed by atoms with van der Waals surface area (Å²) < 4.78 is 3.93. The maximum atomic E-state index is 12.2. The topological polar surface area (TPSA) is 99.1 Å². The summed E-state index contributed by atoms with van der Waals surface area (Å²) in [4.78, 5) is 32.6. The summed E-state index contributed by atoms with van der Waals surface area (Å²) >= 11 is 0. The average Bonchev–Trinajstić information content (AvgIpc) is 2.89. The van der Waals surface area contributed by atoms with Gasteiger partial charge in [-0.1, -0.05) is 6.07 Å². The van der Waals surface area contributed by atoms with E-state index in [1.54, 1.807) is 30.9 Å². The number of hydrogen-bond donors (Lipinski definition) is 1. The Morgan fingerprint density at radius 2 is 1.91 bits per heavy atom. The Morgan fingerprint density at radius 3 is 2.61 bits per heavy atom. The largest absolute Gasteiger partial charge is 0.332 e. The van der Waals surface area contributed by atoms with Gasteiger partial charge in [0.15, 0.2) is 11.2 Å². The number of rotatable bonds is 3. The van der Waals surface area contributed by atoms with Gasteiger partial charge in [-0.2, -0.15) is 10.1 Å². The van der Waals surface area contributed by atoms with Gasteiger partial charge in [0.1, 0.15) is 0 Å². The Labute approximate surface area is 130 Å². The molecule has 0 saturated carbocycles. The number of nitrogens with one attached hydrogen (secondary N) is 1. The van der Waals surface area contributed by atoms with Crippen molar-refractivity contribution in [2.24, 2.45) is 26.2 Å². The Balaban J connectivity index is 2.03. The second-order valence-electron chi connectivity index (χ2n) is 5.00. The molecule has 0 bridgehead atoms. The molecule has 3 aromatic rings. The molecule has 23 heavy (non-hydrogen) atoms. The first-order valence-electron chi connectivity index (χ1n) is 6.83. The van der Waals surface area contributed by atoms with Crippen LogP contribution < -0.4 is 16.7 Å². The first-order chi connectivity index (χ1) is 11.0. The molecule has 9 nitrogen and oxygen atoms in total. The number of imidazole rings is 1. The third-order valence-electron chi connectivity index (χ3n) is 3.52. The summed E-state index contributed by atoms with van der Waals surface area (Å²) in [7, 11) is 4.68. The molecule has 0 aliphatic carbocycles. The lowest BCUT2D eigenvalue weighted by molar-refractivity contribution is 0.705. The minimum Gasteiger partial charge on any atom is -0.306 e. The highest BCUT2D eigenvalue weighted by Gasteiger charge is 2.16. The molecule has 3 aromatic heterocycles. The molecule has 0 atom stereocenters. The fraction of sp³-hybridized carbons (Fsp3) is 0.214. The van der Waals surface area contributed by atoms with Gasteiger partial charge in [-0.15, -0.1) is 0 Å². The molecule has 118 valence electrons. The molecule has 0 aliphatic heterocycles. The van der Waals surface area contributed by atoms with Gasteiger partial charge in [0, 0.05) is 27.3 Å². The SMILES string of the molecule is Cn1c(=O)c2c(nc(NN=Cc3ccccn3)n2C)n(C)c1=O. The summed E-state index contributed by atoms with van der Waals surface area (Å²) in [5, 5.41) is 4.06. The van der Waals surface area contributed by atoms with E-state index in [-0.39, 0.29) is 0 Å². The fourth-order valence-electron chi connectivity index (χ4n) is 2.23. The van der Waals surface area contributed by atoms with Crippen LogP contribution in [0.15, 0.2) is 39.1 Å². The Hall–Kier alpha value is -3.23. The van der Waals surface area contributed by atoms with Crippen molar-refractivity contribution in [3.63, 3.8) is 0 Å². The van der Waals surface area contributed by atoms with Crippen molar-refractivity contribution in [3.8, 4) is 0 Å². The minimum atomic E-state index is -0.427. The first-order valence-corrected chi connectivity index (χ1v) is 6.83. The van der Waals surface area contributed by atoms with Gasteiger partial charge in [0.2, 0.25) is 5.95 Å². The number of pyridine rings is 1. The van der Waals surface area contributed by atoms with Crippen LogP contribution in [0.3, 0.4) is 0 Å². The third kappa shape index (κ3) is 2.41. The van der Waals surface area contributed by atoms with E-state index in [9.17, 15) is 9.59 Å². The van der Waals surface area contributed by atoms with Crippen LogP contribution in [0.1, 0.15) is 5.69 Å². The van der Waals surface area contributed by atoms with Crippen LogP contribution in [0.4, 0.5) is 5.95 Å². The van der Waals surface area contributed by atoms with Crippen molar-refractivity contribution in [3.05, 3.63) is 50.9 Å². The van der Waals surface area contributed by atoms with Gasteiger partial charge in [-0.05, 0) is 12.1 Å². The highest BCUT2D eigenvalue weighted by atomic mass is 16.2. The molecule has 0 aliphatic rings. The lowest BCUT2D eigenvalue weighted by Gasteiger charge is -2.03. The summed E-state index contributed by atoms with van der Waals surface area (Å²) in [6.45, 7) is 0. The number of fused-ring (bicyclic) bond motifs is 1. The Morgan fingerprint density at radius 1 is 1.13 bits per heavy atom. The van der Waals surface area contributed by atoms with Gasteiger partial charge in [0.25, 0.3) is 5.56 Å². The van der Waals surface area contributed by atoms with E-state index in [1.807, 2.05) is 12.1 Å². The van der Waals surface area contributed by atoms with Gasteiger partial charge in [-0.3, -0.25) is 18.9 Å². The molecule has 0 fully saturated rings. The van der Waals surface area contributed by atoms with Gasteiger partial charge < -0.3 is 4.57 Å². The quantitative estimate of drug-likeness (QED) is 0.534. The average molecular weight is 313 g/mol. The zero-order valence-electron chi connectivity index (χ0n) is 12.9. The second kappa shape index (κ2) is 5.52. The fourth-order valence-corrected chi connectivity index (χ4v) is 2.23. The van der Waals surface area contributed by atoms with E-state index < -0.39 is 11.2 Å². The maximum absolute atomic E-state index is 12.2. The minimum absolute atomic E-state index is 0.302. The standard InChI is InChI=1S/C14H15N7O2/c1-19-10-11(20(2)14(23)21(3)12(10)22)17-13(19)18-16-8-9-6-4-5-7-15-9/h4-8H,1-3H3,(H,17,18). The van der Waals surface area contributed by atoms with Crippen LogP contribution in [0, 0.1) is 0 Å².